The molecule has 0 unspecified atom stereocenters. The van der Waals surface area contributed by atoms with E-state index in [0.29, 0.717) is 21.6 Å². The molecule has 1 amide bonds. The zero-order valence-electron chi connectivity index (χ0n) is 16.1. The number of amides is 1. The summed E-state index contributed by atoms with van der Waals surface area (Å²) in [6, 6.07) is 18.3. The first-order valence-corrected chi connectivity index (χ1v) is 10.6. The molecule has 0 saturated carbocycles. The maximum atomic E-state index is 12.3. The first-order chi connectivity index (χ1) is 13.6. The molecule has 3 rings (SSSR count). The minimum absolute atomic E-state index is 0.197. The van der Waals surface area contributed by atoms with Gasteiger partial charge in [-0.15, -0.1) is 0 Å². The first-order valence-electron chi connectivity index (χ1n) is 9.42. The minimum atomic E-state index is -0.197. The van der Waals surface area contributed by atoms with Crippen molar-refractivity contribution in [3.63, 3.8) is 0 Å². The van der Waals surface area contributed by atoms with Crippen LogP contribution in [0.25, 0.3) is 5.76 Å². The highest BCUT2D eigenvalue weighted by molar-refractivity contribution is 8.26. The summed E-state index contributed by atoms with van der Waals surface area (Å²) in [4.78, 5) is 15.1. The fourth-order valence-corrected chi connectivity index (χ4v) is 4.16. The minimum Gasteiger partial charge on any atom is -0.491 e. The van der Waals surface area contributed by atoms with Gasteiger partial charge in [0.1, 0.15) is 15.0 Å². The van der Waals surface area contributed by atoms with Crippen molar-refractivity contribution in [1.82, 2.24) is 5.32 Å². The van der Waals surface area contributed by atoms with Gasteiger partial charge in [0.2, 0.25) is 0 Å². The normalized spacial score (nSPS) is 15.4. The molecule has 0 bridgehead atoms. The number of carbonyl (C=O) groups is 1. The fraction of sp³-hybridized carbons (Fsp3) is 0.273. The Kier molecular flexibility index (Phi) is 7.12. The van der Waals surface area contributed by atoms with E-state index in [4.69, 9.17) is 17.0 Å². The van der Waals surface area contributed by atoms with Crippen molar-refractivity contribution >= 4 is 45.7 Å². The summed E-state index contributed by atoms with van der Waals surface area (Å²) >= 11 is 6.41. The second kappa shape index (κ2) is 9.75. The van der Waals surface area contributed by atoms with Crippen LogP contribution in [0.2, 0.25) is 0 Å². The number of thioether (sulfide) groups is 1. The molecule has 28 heavy (non-hydrogen) atoms. The smallest absolute Gasteiger partial charge is 0.267 e. The van der Waals surface area contributed by atoms with Gasteiger partial charge in [0.25, 0.3) is 5.91 Å². The molecule has 1 fully saturated rings. The van der Waals surface area contributed by atoms with Crippen LogP contribution in [-0.2, 0) is 16.0 Å². The summed E-state index contributed by atoms with van der Waals surface area (Å²) in [6.07, 6.45) is 0.770. The van der Waals surface area contributed by atoms with E-state index < -0.39 is 0 Å². The quantitative estimate of drug-likeness (QED) is 0.390. The van der Waals surface area contributed by atoms with E-state index in [0.717, 1.165) is 30.8 Å². The number of nitrogens with one attached hydrogen (secondary N) is 1. The molecule has 1 aliphatic heterocycles. The van der Waals surface area contributed by atoms with Gasteiger partial charge in [-0.3, -0.25) is 4.79 Å². The fourth-order valence-electron chi connectivity index (χ4n) is 3.07. The van der Waals surface area contributed by atoms with E-state index in [-0.39, 0.29) is 5.91 Å². The molecule has 0 radical (unpaired) electrons. The molecule has 0 aromatic heterocycles. The first kappa shape index (κ1) is 20.4. The van der Waals surface area contributed by atoms with Crippen LogP contribution in [0.15, 0.2) is 59.5 Å². The van der Waals surface area contributed by atoms with Gasteiger partial charge < -0.3 is 15.0 Å². The monoisotopic (exact) mass is 412 g/mol. The van der Waals surface area contributed by atoms with E-state index in [1.807, 2.05) is 30.3 Å². The number of thiocarbonyl (C=S) groups is 1. The van der Waals surface area contributed by atoms with Crippen molar-refractivity contribution in [1.29, 1.82) is 0 Å². The van der Waals surface area contributed by atoms with Gasteiger partial charge in [0.15, 0.2) is 0 Å². The Bertz CT molecular complexity index is 860. The van der Waals surface area contributed by atoms with Gasteiger partial charge >= 0.3 is 0 Å². The summed E-state index contributed by atoms with van der Waals surface area (Å²) in [5.74, 6) is 0.391. The van der Waals surface area contributed by atoms with E-state index in [2.05, 4.69) is 48.3 Å². The van der Waals surface area contributed by atoms with Crippen LogP contribution in [0.4, 0.5) is 5.69 Å². The number of carbonyl (C=O) groups excluding carboxylic acids is 1. The number of benzene rings is 2. The molecule has 1 aliphatic rings. The molecule has 0 atom stereocenters. The Morgan fingerprint density at radius 1 is 1.07 bits per heavy atom. The van der Waals surface area contributed by atoms with Gasteiger partial charge in [0, 0.05) is 30.8 Å². The maximum Gasteiger partial charge on any atom is 0.267 e. The molecule has 146 valence electrons. The lowest BCUT2D eigenvalue weighted by atomic mass is 10.1. The largest absolute Gasteiger partial charge is 0.491 e. The predicted molar refractivity (Wildman–Crippen MR) is 121 cm³/mol. The van der Waals surface area contributed by atoms with Crippen LogP contribution in [0.1, 0.15) is 25.0 Å². The zero-order chi connectivity index (χ0) is 19.9. The Hall–Kier alpha value is -2.31. The van der Waals surface area contributed by atoms with Crippen LogP contribution in [0.5, 0.6) is 0 Å². The Balaban J connectivity index is 1.83. The van der Waals surface area contributed by atoms with Crippen LogP contribution in [-0.4, -0.2) is 29.9 Å². The molecule has 2 aromatic rings. The highest BCUT2D eigenvalue weighted by Gasteiger charge is 2.28. The average Bonchev–Trinajstić information content (AvgIpc) is 3.05. The molecule has 4 nitrogen and oxygen atoms in total. The third-order valence-corrected chi connectivity index (χ3v) is 5.78. The topological polar surface area (TPSA) is 41.6 Å². The lowest BCUT2D eigenvalue weighted by Gasteiger charge is -2.21. The van der Waals surface area contributed by atoms with Crippen LogP contribution in [0, 0.1) is 0 Å². The van der Waals surface area contributed by atoms with Crippen LogP contribution < -0.4 is 10.2 Å². The van der Waals surface area contributed by atoms with Crippen molar-refractivity contribution in [2.24, 2.45) is 0 Å². The van der Waals surface area contributed by atoms with Crippen molar-refractivity contribution in [2.75, 3.05) is 24.6 Å². The molecule has 1 heterocycles. The van der Waals surface area contributed by atoms with Crippen molar-refractivity contribution in [3.8, 4) is 0 Å². The maximum absolute atomic E-state index is 12.3. The molecule has 0 spiro atoms. The van der Waals surface area contributed by atoms with Crippen molar-refractivity contribution < 1.29 is 9.53 Å². The molecule has 1 saturated heterocycles. The Labute approximate surface area is 176 Å². The summed E-state index contributed by atoms with van der Waals surface area (Å²) in [7, 11) is 0. The third kappa shape index (κ3) is 4.94. The van der Waals surface area contributed by atoms with Crippen molar-refractivity contribution in [3.05, 3.63) is 70.6 Å². The second-order valence-electron chi connectivity index (χ2n) is 6.31. The molecule has 6 heteroatoms. The summed E-state index contributed by atoms with van der Waals surface area (Å²) < 4.78 is 6.57. The highest BCUT2D eigenvalue weighted by Crippen LogP contribution is 2.33. The number of hydrogen-bond acceptors (Lipinski definition) is 5. The summed E-state index contributed by atoms with van der Waals surface area (Å²) in [5, 5.41) is 2.68. The molecule has 0 aliphatic carbocycles. The SMILES string of the molecule is CCN(CC)c1ccc(C(OCCc2ccccc2)=C2SC(=S)NC2=O)cc1. The Morgan fingerprint density at radius 2 is 1.75 bits per heavy atom. The number of nitrogens with zero attached hydrogens (tertiary/aromatic N) is 1. The molecular weight excluding hydrogens is 388 g/mol. The van der Waals surface area contributed by atoms with Gasteiger partial charge in [-0.1, -0.05) is 54.3 Å². The molecule has 2 aromatic carbocycles. The van der Waals surface area contributed by atoms with Crippen molar-refractivity contribution in [2.45, 2.75) is 20.3 Å². The van der Waals surface area contributed by atoms with Crippen LogP contribution >= 0.6 is 24.0 Å². The van der Waals surface area contributed by atoms with E-state index >= 15 is 0 Å². The average molecular weight is 413 g/mol. The third-order valence-electron chi connectivity index (χ3n) is 4.56. The highest BCUT2D eigenvalue weighted by atomic mass is 32.2. The number of anilines is 1. The second-order valence-corrected chi connectivity index (χ2v) is 7.99. The summed E-state index contributed by atoms with van der Waals surface area (Å²) in [6.45, 7) is 6.66. The Morgan fingerprint density at radius 3 is 2.32 bits per heavy atom. The predicted octanol–water partition coefficient (Wildman–Crippen LogP) is 4.61. The molecule has 1 N–H and O–H groups in total. The summed E-state index contributed by atoms with van der Waals surface area (Å²) in [5.41, 5.74) is 3.23. The number of hydrogen-bond donors (Lipinski definition) is 1. The van der Waals surface area contributed by atoms with E-state index in [1.165, 1.54) is 17.3 Å². The van der Waals surface area contributed by atoms with E-state index in [9.17, 15) is 4.79 Å². The number of ether oxygens (including phenoxy) is 1. The van der Waals surface area contributed by atoms with Gasteiger partial charge in [-0.25, -0.2) is 0 Å². The van der Waals surface area contributed by atoms with Crippen LogP contribution in [0.3, 0.4) is 0 Å². The lowest BCUT2D eigenvalue weighted by molar-refractivity contribution is -0.115. The van der Waals surface area contributed by atoms with Gasteiger partial charge in [-0.05, 0) is 43.7 Å². The lowest BCUT2D eigenvalue weighted by Crippen LogP contribution is -2.21. The molecular formula is C22H24N2O2S2. The van der Waals surface area contributed by atoms with Gasteiger partial charge in [0.05, 0.1) is 6.61 Å². The van der Waals surface area contributed by atoms with E-state index in [1.54, 1.807) is 0 Å². The zero-order valence-corrected chi connectivity index (χ0v) is 17.7. The number of rotatable bonds is 8. The standard InChI is InChI=1S/C22H24N2O2S2/c1-3-24(4-2)18-12-10-17(11-13-18)19(20-21(25)23-22(27)28-20)26-15-14-16-8-6-5-7-9-16/h5-13H,3-4,14-15H2,1-2H3,(H,23,25,27). The van der Waals surface area contributed by atoms with Gasteiger partial charge in [-0.2, -0.15) is 0 Å².